The Labute approximate surface area is 112 Å². The smallest absolute Gasteiger partial charge is 0.271 e. The van der Waals surface area contributed by atoms with Crippen molar-refractivity contribution in [3.05, 3.63) is 11.9 Å². The fourth-order valence-electron chi connectivity index (χ4n) is 1.58. The number of anilines is 1. The maximum Gasteiger partial charge on any atom is 0.271 e. The highest BCUT2D eigenvalue weighted by Crippen LogP contribution is 2.05. The average molecular weight is 289 g/mol. The van der Waals surface area contributed by atoms with Gasteiger partial charge in [0.25, 0.3) is 5.91 Å². The number of aromatic amines is 1. The van der Waals surface area contributed by atoms with Crippen LogP contribution >= 0.6 is 0 Å². The molecule has 0 saturated heterocycles. The molecule has 0 spiro atoms. The Morgan fingerprint density at radius 1 is 1.58 bits per heavy atom. The molecule has 108 valence electrons. The molecule has 0 aliphatic carbocycles. The van der Waals surface area contributed by atoms with Gasteiger partial charge in [0.1, 0.15) is 5.69 Å². The molecule has 0 aromatic carbocycles. The monoisotopic (exact) mass is 289 g/mol. The number of carbonyl (C=O) groups is 1. The van der Waals surface area contributed by atoms with Crippen LogP contribution in [0, 0.1) is 0 Å². The number of hydrogen-bond donors (Lipinski definition) is 3. The lowest BCUT2D eigenvalue weighted by Crippen LogP contribution is -2.33. The second-order valence-electron chi connectivity index (χ2n) is 4.06. The second-order valence-corrected chi connectivity index (χ2v) is 6.05. The zero-order valence-corrected chi connectivity index (χ0v) is 11.8. The van der Waals surface area contributed by atoms with Gasteiger partial charge in [0.05, 0.1) is 18.1 Å². The second kappa shape index (κ2) is 6.53. The Morgan fingerprint density at radius 3 is 2.74 bits per heavy atom. The summed E-state index contributed by atoms with van der Waals surface area (Å²) in [6.07, 6.45) is 3.05. The number of hydrogen-bond acceptors (Lipinski definition) is 5. The Morgan fingerprint density at radius 2 is 2.26 bits per heavy atom. The molecule has 1 aromatic rings. The van der Waals surface area contributed by atoms with E-state index in [9.17, 15) is 13.2 Å². The van der Waals surface area contributed by atoms with E-state index in [1.54, 1.807) is 6.92 Å². The van der Waals surface area contributed by atoms with E-state index in [-0.39, 0.29) is 17.3 Å². The van der Waals surface area contributed by atoms with Crippen molar-refractivity contribution in [3.63, 3.8) is 0 Å². The largest absolute Gasteiger partial charge is 0.396 e. The van der Waals surface area contributed by atoms with Gasteiger partial charge >= 0.3 is 0 Å². The third-order valence-corrected chi connectivity index (χ3v) is 3.97. The molecule has 0 aliphatic rings. The van der Waals surface area contributed by atoms with Gasteiger partial charge in [0.15, 0.2) is 0 Å². The molecular weight excluding hydrogens is 270 g/mol. The number of sulfonamides is 1. The number of H-pyrrole nitrogens is 1. The zero-order chi connectivity index (χ0) is 14.5. The third kappa shape index (κ3) is 4.52. The molecule has 1 aromatic heterocycles. The van der Waals surface area contributed by atoms with Crippen molar-refractivity contribution in [1.29, 1.82) is 0 Å². The average Bonchev–Trinajstić information content (AvgIpc) is 2.73. The van der Waals surface area contributed by atoms with Crippen molar-refractivity contribution in [3.8, 4) is 0 Å². The first-order chi connectivity index (χ1) is 8.86. The Hall–Kier alpha value is -1.61. The van der Waals surface area contributed by atoms with E-state index in [2.05, 4.69) is 15.5 Å². The van der Waals surface area contributed by atoms with Crippen LogP contribution in [0.1, 0.15) is 23.8 Å². The summed E-state index contributed by atoms with van der Waals surface area (Å²) >= 11 is 0. The summed E-state index contributed by atoms with van der Waals surface area (Å²) in [5.74, 6) is -0.350. The van der Waals surface area contributed by atoms with Gasteiger partial charge in [-0.1, -0.05) is 6.92 Å². The van der Waals surface area contributed by atoms with Gasteiger partial charge in [-0.2, -0.15) is 5.10 Å². The van der Waals surface area contributed by atoms with Crippen LogP contribution in [-0.2, 0) is 10.0 Å². The van der Waals surface area contributed by atoms with E-state index in [1.807, 2.05) is 0 Å². The fourth-order valence-corrected chi connectivity index (χ4v) is 2.51. The zero-order valence-electron chi connectivity index (χ0n) is 11.0. The number of aromatic nitrogens is 2. The van der Waals surface area contributed by atoms with Crippen LogP contribution in [0.25, 0.3) is 0 Å². The first-order valence-corrected chi connectivity index (χ1v) is 7.73. The number of nitrogen functional groups attached to an aromatic ring is 1. The quantitative estimate of drug-likeness (QED) is 0.578. The molecule has 1 rings (SSSR count). The molecule has 19 heavy (non-hydrogen) atoms. The van der Waals surface area contributed by atoms with Crippen molar-refractivity contribution in [2.75, 3.05) is 31.6 Å². The minimum Gasteiger partial charge on any atom is -0.396 e. The summed E-state index contributed by atoms with van der Waals surface area (Å²) in [5, 5.41) is 8.79. The van der Waals surface area contributed by atoms with E-state index < -0.39 is 10.0 Å². The van der Waals surface area contributed by atoms with Gasteiger partial charge in [0, 0.05) is 19.6 Å². The Balaban J connectivity index is 2.36. The predicted molar refractivity (Wildman–Crippen MR) is 72.0 cm³/mol. The van der Waals surface area contributed by atoms with Gasteiger partial charge in [0.2, 0.25) is 10.0 Å². The molecule has 4 N–H and O–H groups in total. The van der Waals surface area contributed by atoms with Crippen molar-refractivity contribution in [2.45, 2.75) is 13.3 Å². The van der Waals surface area contributed by atoms with Crippen molar-refractivity contribution in [2.24, 2.45) is 0 Å². The molecular formula is C10H19N5O3S. The van der Waals surface area contributed by atoms with E-state index >= 15 is 0 Å². The van der Waals surface area contributed by atoms with Crippen LogP contribution < -0.4 is 11.1 Å². The highest BCUT2D eigenvalue weighted by molar-refractivity contribution is 7.88. The SMILES string of the molecule is CCN(CCCNC(=O)c1[nH]ncc1N)S(C)(=O)=O. The molecule has 0 unspecified atom stereocenters. The van der Waals surface area contributed by atoms with Crippen molar-refractivity contribution >= 4 is 21.6 Å². The summed E-state index contributed by atoms with van der Waals surface area (Å²) in [7, 11) is -3.18. The number of amides is 1. The van der Waals surface area contributed by atoms with Crippen LogP contribution in [0.4, 0.5) is 5.69 Å². The van der Waals surface area contributed by atoms with E-state index in [0.29, 0.717) is 26.1 Å². The normalized spacial score (nSPS) is 11.7. The topological polar surface area (TPSA) is 121 Å². The minimum atomic E-state index is -3.18. The predicted octanol–water partition coefficient (Wildman–Crippen LogP) is -0.607. The summed E-state index contributed by atoms with van der Waals surface area (Å²) in [6, 6.07) is 0. The lowest BCUT2D eigenvalue weighted by molar-refractivity contribution is 0.0948. The molecule has 0 aliphatic heterocycles. The molecule has 0 atom stereocenters. The van der Waals surface area contributed by atoms with Crippen LogP contribution in [-0.4, -0.2) is 54.7 Å². The van der Waals surface area contributed by atoms with Crippen LogP contribution in [0.15, 0.2) is 6.20 Å². The standard InChI is InChI=1S/C10H19N5O3S/c1-3-15(19(2,17)18)6-4-5-12-10(16)9-8(11)7-13-14-9/h7H,3-6,11H2,1-2H3,(H,12,16)(H,13,14). The summed E-state index contributed by atoms with van der Waals surface area (Å²) in [6.45, 7) is 2.92. The van der Waals surface area contributed by atoms with E-state index in [1.165, 1.54) is 16.8 Å². The summed E-state index contributed by atoms with van der Waals surface area (Å²) < 4.78 is 24.0. The number of carbonyl (C=O) groups excluding carboxylic acids is 1. The lowest BCUT2D eigenvalue weighted by atomic mass is 10.3. The van der Waals surface area contributed by atoms with E-state index in [4.69, 9.17) is 5.73 Å². The highest BCUT2D eigenvalue weighted by atomic mass is 32.2. The third-order valence-electron chi connectivity index (χ3n) is 2.59. The maximum atomic E-state index is 11.6. The molecule has 0 radical (unpaired) electrons. The number of nitrogens with zero attached hydrogens (tertiary/aromatic N) is 2. The Kier molecular flexibility index (Phi) is 5.31. The van der Waals surface area contributed by atoms with Gasteiger partial charge in [-0.3, -0.25) is 9.89 Å². The fraction of sp³-hybridized carbons (Fsp3) is 0.600. The molecule has 1 heterocycles. The number of rotatable bonds is 7. The van der Waals surface area contributed by atoms with Crippen LogP contribution in [0.3, 0.4) is 0 Å². The number of nitrogens with two attached hydrogens (primary N) is 1. The van der Waals surface area contributed by atoms with Crippen LogP contribution in [0.2, 0.25) is 0 Å². The van der Waals surface area contributed by atoms with Crippen molar-refractivity contribution < 1.29 is 13.2 Å². The molecule has 0 saturated carbocycles. The highest BCUT2D eigenvalue weighted by Gasteiger charge is 2.14. The molecule has 9 heteroatoms. The molecule has 8 nitrogen and oxygen atoms in total. The molecule has 1 amide bonds. The minimum absolute atomic E-state index is 0.218. The lowest BCUT2D eigenvalue weighted by Gasteiger charge is -2.17. The van der Waals surface area contributed by atoms with Crippen LogP contribution in [0.5, 0.6) is 0 Å². The van der Waals surface area contributed by atoms with Gasteiger partial charge in [-0.25, -0.2) is 12.7 Å². The molecule has 0 fully saturated rings. The summed E-state index contributed by atoms with van der Waals surface area (Å²) in [5.41, 5.74) is 6.03. The summed E-state index contributed by atoms with van der Waals surface area (Å²) in [4.78, 5) is 11.6. The first-order valence-electron chi connectivity index (χ1n) is 5.88. The Bertz CT molecular complexity index is 525. The first kappa shape index (κ1) is 15.4. The van der Waals surface area contributed by atoms with Gasteiger partial charge in [-0.05, 0) is 6.42 Å². The van der Waals surface area contributed by atoms with Gasteiger partial charge in [-0.15, -0.1) is 0 Å². The number of nitrogens with one attached hydrogen (secondary N) is 2. The maximum absolute atomic E-state index is 11.6. The molecule has 0 bridgehead atoms. The van der Waals surface area contributed by atoms with E-state index in [0.717, 1.165) is 0 Å². The van der Waals surface area contributed by atoms with Crippen molar-refractivity contribution in [1.82, 2.24) is 19.8 Å². The van der Waals surface area contributed by atoms with Gasteiger partial charge < -0.3 is 11.1 Å².